The van der Waals surface area contributed by atoms with Gasteiger partial charge in [-0.25, -0.2) is 14.7 Å². The number of nitrogens with zero attached hydrogens (tertiary/aromatic N) is 3. The molecule has 374 valence electrons. The molecule has 0 radical (unpaired) electrons. The molecule has 0 unspecified atom stereocenters. The van der Waals surface area contributed by atoms with Gasteiger partial charge in [-0.2, -0.15) is 0 Å². The van der Waals surface area contributed by atoms with Crippen LogP contribution in [-0.4, -0.2) is 110 Å². The first-order valence-corrected chi connectivity index (χ1v) is 23.5. The van der Waals surface area contributed by atoms with Crippen LogP contribution in [0, 0.1) is 23.7 Å². The summed E-state index contributed by atoms with van der Waals surface area (Å²) in [4.78, 5) is 98.2. The predicted molar refractivity (Wildman–Crippen MR) is 261 cm³/mol. The van der Waals surface area contributed by atoms with Gasteiger partial charge in [0.05, 0.1) is 68.7 Å². The molecule has 0 bridgehead atoms. The predicted octanol–water partition coefficient (Wildman–Crippen LogP) is 5.40. The number of imidazole rings is 1. The highest BCUT2D eigenvalue weighted by molar-refractivity contribution is 6.23. The number of aliphatic hydroxyl groups excluding tert-OH is 1. The molecule has 1 spiro atoms. The molecular weight excluding hydrogens is 939 g/mol. The highest BCUT2D eigenvalue weighted by Gasteiger charge is 2.75. The van der Waals surface area contributed by atoms with Crippen molar-refractivity contribution in [3.8, 4) is 17.6 Å². The Labute approximate surface area is 419 Å². The zero-order chi connectivity index (χ0) is 51.2. The molecule has 1 aromatic heterocycles. The first-order chi connectivity index (χ1) is 35.5. The van der Waals surface area contributed by atoms with Gasteiger partial charge in [-0.15, -0.1) is 0 Å². The Balaban J connectivity index is 1.31. The number of H-pyrrole nitrogens is 1. The van der Waals surface area contributed by atoms with Crippen LogP contribution in [0.5, 0.6) is 5.75 Å². The summed E-state index contributed by atoms with van der Waals surface area (Å²) in [5, 5.41) is 12.6. The number of aliphatic hydroxyl groups is 1. The van der Waals surface area contributed by atoms with Gasteiger partial charge >= 0.3 is 24.0 Å². The van der Waals surface area contributed by atoms with E-state index in [1.807, 2.05) is 89.8 Å². The Hall–Kier alpha value is -8.37. The number of esters is 3. The molecule has 0 saturated carbocycles. The lowest BCUT2D eigenvalue weighted by molar-refractivity contribution is -0.178. The van der Waals surface area contributed by atoms with Gasteiger partial charge < -0.3 is 43.8 Å². The number of morpholine rings is 1. The van der Waals surface area contributed by atoms with Gasteiger partial charge in [0.2, 0.25) is 11.8 Å². The van der Waals surface area contributed by atoms with Crippen LogP contribution < -0.4 is 15.0 Å². The number of ether oxygens (including phenoxy) is 6. The Morgan fingerprint density at radius 3 is 2.16 bits per heavy atom. The van der Waals surface area contributed by atoms with E-state index in [9.17, 15) is 19.5 Å². The molecule has 2 saturated heterocycles. The van der Waals surface area contributed by atoms with Crippen LogP contribution in [0.15, 0.2) is 127 Å². The number of rotatable bonds is 15. The third kappa shape index (κ3) is 9.25. The van der Waals surface area contributed by atoms with Gasteiger partial charge in [0.15, 0.2) is 5.92 Å². The Morgan fingerprint density at radius 1 is 0.808 bits per heavy atom. The summed E-state index contributed by atoms with van der Waals surface area (Å²) in [5.74, 6) is -0.513. The quantitative estimate of drug-likeness (QED) is 0.0385. The van der Waals surface area contributed by atoms with E-state index in [0.29, 0.717) is 33.8 Å². The van der Waals surface area contributed by atoms with Crippen molar-refractivity contribution in [2.45, 2.75) is 42.6 Å². The largest absolute Gasteiger partial charge is 0.491 e. The summed E-state index contributed by atoms with van der Waals surface area (Å²) >= 11 is 0. The molecular formula is C55H51N5O13. The van der Waals surface area contributed by atoms with E-state index in [1.54, 1.807) is 36.4 Å². The summed E-state index contributed by atoms with van der Waals surface area (Å²) < 4.78 is 32.9. The van der Waals surface area contributed by atoms with Gasteiger partial charge in [-0.3, -0.25) is 28.9 Å². The average molecular weight is 990 g/mol. The molecule has 3 N–H and O–H groups in total. The maximum atomic E-state index is 16.5. The van der Waals surface area contributed by atoms with Gasteiger partial charge in [0.1, 0.15) is 42.3 Å². The summed E-state index contributed by atoms with van der Waals surface area (Å²) in [6.45, 7) is -0.656. The summed E-state index contributed by atoms with van der Waals surface area (Å²) in [6.07, 6.45) is -2.36. The molecule has 2 fully saturated rings. The fourth-order valence-electron chi connectivity index (χ4n) is 10.3. The molecule has 73 heavy (non-hydrogen) atoms. The molecule has 3 aliphatic rings. The number of benzene rings is 5. The normalized spacial score (nSPS) is 20.9. The molecule has 9 rings (SSSR count). The number of aromatic amines is 1. The lowest BCUT2D eigenvalue weighted by atomic mass is 9.65. The second-order valence-electron chi connectivity index (χ2n) is 17.4. The van der Waals surface area contributed by atoms with E-state index in [2.05, 4.69) is 27.1 Å². The molecule has 5 aromatic carbocycles. The van der Waals surface area contributed by atoms with Crippen molar-refractivity contribution in [1.82, 2.24) is 20.2 Å². The van der Waals surface area contributed by atoms with E-state index in [-0.39, 0.29) is 56.2 Å². The van der Waals surface area contributed by atoms with Gasteiger partial charge in [-0.1, -0.05) is 96.8 Å². The van der Waals surface area contributed by atoms with Crippen LogP contribution in [-0.2, 0) is 59.6 Å². The zero-order valence-corrected chi connectivity index (χ0v) is 40.0. The Kier molecular flexibility index (Phi) is 14.6. The lowest BCUT2D eigenvalue weighted by Crippen LogP contribution is -2.55. The molecule has 4 heterocycles. The SMILES string of the molecule is COCCOC(=O)N1C(=O)[C@@]2(c3cc(C#CCC(C(=O)OC)C(=O)OC)ccc31)[C@H](c1ccc(OCCO)cc1)N1[C@H](c3ccccc3)[C@H](c3ccccc3)OC(=O)[C@H]1[C@@H]2C(=O)NCc1nc2ccccc2[nH]1. The van der Waals surface area contributed by atoms with Crippen molar-refractivity contribution in [3.05, 3.63) is 161 Å². The molecule has 6 aromatic rings. The number of carbonyl (C=O) groups is 6. The van der Waals surface area contributed by atoms with E-state index in [4.69, 9.17) is 28.4 Å². The molecule has 0 aliphatic carbocycles. The van der Waals surface area contributed by atoms with Crippen LogP contribution in [0.2, 0.25) is 0 Å². The van der Waals surface area contributed by atoms with Gasteiger partial charge in [0.25, 0.3) is 0 Å². The number of anilines is 1. The number of para-hydroxylation sites is 2. The topological polar surface area (TPSA) is 225 Å². The van der Waals surface area contributed by atoms with Crippen LogP contribution in [0.25, 0.3) is 11.0 Å². The van der Waals surface area contributed by atoms with E-state index >= 15 is 14.4 Å². The van der Waals surface area contributed by atoms with Crippen molar-refractivity contribution in [1.29, 1.82) is 0 Å². The second-order valence-corrected chi connectivity index (χ2v) is 17.4. The fraction of sp³-hybridized carbons (Fsp3) is 0.291. The standard InChI is InChI=1S/C55H51N5O13/c1-68-29-30-72-54(67)59-42-26-21-33(13-12-18-38(50(63)69-2)51(64)70-3)31-39(42)55(53(59)66)44(49(62)56-32-43-57-40-19-10-11-20-41(40)58-43)46-52(65)73-47(35-16-8-5-9-17-35)45(34-14-6-4-7-15-34)60(46)48(55)36-22-24-37(25-23-36)71-28-27-61/h4-11,14-17,19-26,31,38,44-48,61H,18,27-30,32H2,1-3H3,(H,56,62)(H,57,58)/t44-,45-,46-,47+,48+,55-/m1/s1. The maximum Gasteiger partial charge on any atom is 0.421 e. The number of nitrogens with one attached hydrogen (secondary N) is 2. The molecule has 6 atom stereocenters. The number of imide groups is 1. The minimum Gasteiger partial charge on any atom is -0.491 e. The van der Waals surface area contributed by atoms with Crippen molar-refractivity contribution in [2.24, 2.45) is 11.8 Å². The Bertz CT molecular complexity index is 3050. The lowest BCUT2D eigenvalue weighted by Gasteiger charge is -2.46. The van der Waals surface area contributed by atoms with Crippen molar-refractivity contribution in [3.63, 3.8) is 0 Å². The van der Waals surface area contributed by atoms with Crippen LogP contribution >= 0.6 is 0 Å². The zero-order valence-electron chi connectivity index (χ0n) is 40.0. The third-order valence-corrected chi connectivity index (χ3v) is 13.4. The average Bonchev–Trinajstić information content (AvgIpc) is 4.07. The second kappa shape index (κ2) is 21.5. The highest BCUT2D eigenvalue weighted by atomic mass is 16.6. The number of carbonyl (C=O) groups excluding carboxylic acids is 6. The van der Waals surface area contributed by atoms with E-state index in [0.717, 1.165) is 24.6 Å². The highest BCUT2D eigenvalue weighted by Crippen LogP contribution is 2.66. The summed E-state index contributed by atoms with van der Waals surface area (Å²) in [5.41, 5.74) is 1.41. The molecule has 3 amide bonds. The number of aromatic nitrogens is 2. The van der Waals surface area contributed by atoms with E-state index < -0.39 is 77.3 Å². The summed E-state index contributed by atoms with van der Waals surface area (Å²) in [7, 11) is 3.71. The fourth-order valence-corrected chi connectivity index (χ4v) is 10.3. The van der Waals surface area contributed by atoms with Crippen molar-refractivity contribution < 1.29 is 62.3 Å². The monoisotopic (exact) mass is 989 g/mol. The number of hydrogen-bond acceptors (Lipinski definition) is 15. The van der Waals surface area contributed by atoms with Gasteiger partial charge in [-0.05, 0) is 64.7 Å². The number of amides is 3. The van der Waals surface area contributed by atoms with Crippen molar-refractivity contribution in [2.75, 3.05) is 52.7 Å². The molecule has 3 aliphatic heterocycles. The van der Waals surface area contributed by atoms with Crippen LogP contribution in [0.3, 0.4) is 0 Å². The summed E-state index contributed by atoms with van der Waals surface area (Å²) in [6, 6.07) is 33.6. The number of hydrogen-bond donors (Lipinski definition) is 3. The van der Waals surface area contributed by atoms with E-state index in [1.165, 1.54) is 13.2 Å². The smallest absolute Gasteiger partial charge is 0.421 e. The van der Waals surface area contributed by atoms with Crippen molar-refractivity contribution >= 4 is 52.5 Å². The van der Waals surface area contributed by atoms with Crippen LogP contribution in [0.1, 0.15) is 58.3 Å². The first-order valence-electron chi connectivity index (χ1n) is 23.5. The minimum atomic E-state index is -2.18. The minimum absolute atomic E-state index is 0.0000895. The number of cyclic esters (lactones) is 1. The Morgan fingerprint density at radius 2 is 1.49 bits per heavy atom. The van der Waals surface area contributed by atoms with Crippen LogP contribution in [0.4, 0.5) is 10.5 Å². The number of fused-ring (bicyclic) bond motifs is 4. The molecule has 18 heteroatoms. The molecule has 18 nitrogen and oxygen atoms in total. The number of methoxy groups -OCH3 is 3. The maximum absolute atomic E-state index is 16.5. The third-order valence-electron chi connectivity index (χ3n) is 13.4. The first kappa shape index (κ1) is 49.6. The van der Waals surface area contributed by atoms with Gasteiger partial charge in [0, 0.05) is 19.1 Å².